The van der Waals surface area contributed by atoms with E-state index in [1.165, 1.54) is 0 Å². The fourth-order valence-electron chi connectivity index (χ4n) is 2.36. The fourth-order valence-corrected chi connectivity index (χ4v) is 3.20. The molecule has 0 aliphatic rings. The minimum atomic E-state index is 0.716. The molecular weight excluding hydrogens is 352 g/mol. The van der Waals surface area contributed by atoms with Crippen molar-refractivity contribution in [1.29, 1.82) is 0 Å². The Kier molecular flexibility index (Phi) is 5.95. The number of thioether (sulfide) groups is 1. The van der Waals surface area contributed by atoms with Gasteiger partial charge in [0.25, 0.3) is 0 Å². The topological polar surface area (TPSA) is 35.0 Å². The van der Waals surface area contributed by atoms with Gasteiger partial charge in [0.15, 0.2) is 5.16 Å². The van der Waals surface area contributed by atoms with Crippen molar-refractivity contribution < 1.29 is 4.74 Å². The molecule has 0 saturated heterocycles. The molecule has 0 N–H and O–H groups in total. The van der Waals surface area contributed by atoms with Crippen LogP contribution >= 0.6 is 23.4 Å². The van der Waals surface area contributed by atoms with Crippen molar-refractivity contribution in [2.45, 2.75) is 18.5 Å². The van der Waals surface area contributed by atoms with E-state index in [0.717, 1.165) is 45.6 Å². The van der Waals surface area contributed by atoms with Crippen LogP contribution in [0.1, 0.15) is 13.3 Å². The molecule has 1 aromatic heterocycles. The lowest BCUT2D eigenvalue weighted by Crippen LogP contribution is -1.95. The van der Waals surface area contributed by atoms with Crippen molar-refractivity contribution >= 4 is 23.4 Å². The van der Waals surface area contributed by atoms with Crippen LogP contribution in [0.5, 0.6) is 5.75 Å². The van der Waals surface area contributed by atoms with Gasteiger partial charge in [-0.05, 0) is 48.9 Å². The number of hydrogen-bond donors (Lipinski definition) is 0. The Bertz CT molecular complexity index is 835. The fraction of sp³-hybridized carbons (Fsp3) is 0.200. The number of halogens is 1. The molecule has 3 aromatic rings. The maximum absolute atomic E-state index is 6.01. The monoisotopic (exact) mass is 370 g/mol. The number of hydrogen-bond acceptors (Lipinski definition) is 4. The van der Waals surface area contributed by atoms with Crippen molar-refractivity contribution in [3.05, 3.63) is 59.6 Å². The van der Waals surface area contributed by atoms with Crippen molar-refractivity contribution in [1.82, 2.24) is 9.97 Å². The summed E-state index contributed by atoms with van der Waals surface area (Å²) < 4.78 is 5.24. The van der Waals surface area contributed by atoms with E-state index in [9.17, 15) is 0 Å². The first-order chi connectivity index (χ1) is 12.2. The number of methoxy groups -OCH3 is 1. The Labute approximate surface area is 157 Å². The molecule has 0 unspecified atom stereocenters. The van der Waals surface area contributed by atoms with Gasteiger partial charge in [0.1, 0.15) is 5.75 Å². The van der Waals surface area contributed by atoms with Crippen LogP contribution in [0, 0.1) is 0 Å². The Balaban J connectivity index is 2.03. The summed E-state index contributed by atoms with van der Waals surface area (Å²) in [5.41, 5.74) is 3.87. The zero-order valence-electron chi connectivity index (χ0n) is 14.2. The highest BCUT2D eigenvalue weighted by Crippen LogP contribution is 2.28. The summed E-state index contributed by atoms with van der Waals surface area (Å²) in [4.78, 5) is 9.44. The van der Waals surface area contributed by atoms with Crippen LogP contribution in [0.3, 0.4) is 0 Å². The normalized spacial score (nSPS) is 10.7. The maximum atomic E-state index is 6.01. The SMILES string of the molecule is CCCSc1nc(-c2ccc(Cl)cc2)cc(-c2ccc(OC)cc2)n1. The van der Waals surface area contributed by atoms with E-state index in [4.69, 9.17) is 26.3 Å². The molecule has 25 heavy (non-hydrogen) atoms. The Morgan fingerprint density at radius 2 is 1.48 bits per heavy atom. The quantitative estimate of drug-likeness (QED) is 0.395. The minimum absolute atomic E-state index is 0.716. The molecule has 5 heteroatoms. The first-order valence-corrected chi connectivity index (χ1v) is 9.48. The van der Waals surface area contributed by atoms with Crippen molar-refractivity contribution in [2.75, 3.05) is 12.9 Å². The van der Waals surface area contributed by atoms with Crippen LogP contribution in [-0.2, 0) is 0 Å². The molecule has 0 spiro atoms. The average Bonchev–Trinajstić information content (AvgIpc) is 2.67. The third kappa shape index (κ3) is 4.53. The van der Waals surface area contributed by atoms with Crippen LogP contribution in [-0.4, -0.2) is 22.8 Å². The molecule has 0 bridgehead atoms. The van der Waals surface area contributed by atoms with Crippen LogP contribution in [0.15, 0.2) is 59.8 Å². The molecule has 0 saturated carbocycles. The lowest BCUT2D eigenvalue weighted by Gasteiger charge is -2.09. The Morgan fingerprint density at radius 1 is 0.920 bits per heavy atom. The second-order valence-electron chi connectivity index (χ2n) is 5.50. The minimum Gasteiger partial charge on any atom is -0.497 e. The second kappa shape index (κ2) is 8.37. The number of aromatic nitrogens is 2. The number of nitrogens with zero attached hydrogens (tertiary/aromatic N) is 2. The van der Waals surface area contributed by atoms with Crippen molar-refractivity contribution in [3.8, 4) is 28.3 Å². The molecule has 0 atom stereocenters. The first kappa shape index (κ1) is 17.8. The average molecular weight is 371 g/mol. The molecule has 2 aromatic carbocycles. The van der Waals surface area contributed by atoms with Crippen LogP contribution < -0.4 is 4.74 Å². The molecule has 0 radical (unpaired) electrons. The van der Waals surface area contributed by atoms with Gasteiger partial charge in [-0.1, -0.05) is 42.4 Å². The summed E-state index contributed by atoms with van der Waals surface area (Å²) in [5.74, 6) is 1.82. The summed E-state index contributed by atoms with van der Waals surface area (Å²) in [5, 5.41) is 1.51. The van der Waals surface area contributed by atoms with Crippen molar-refractivity contribution in [3.63, 3.8) is 0 Å². The van der Waals surface area contributed by atoms with Gasteiger partial charge in [0.2, 0.25) is 0 Å². The summed E-state index contributed by atoms with van der Waals surface area (Å²) in [6, 6.07) is 17.7. The van der Waals surface area contributed by atoms with Crippen LogP contribution in [0.4, 0.5) is 0 Å². The smallest absolute Gasteiger partial charge is 0.188 e. The number of benzene rings is 2. The van der Waals surface area contributed by atoms with E-state index in [2.05, 4.69) is 6.92 Å². The predicted molar refractivity (Wildman–Crippen MR) is 105 cm³/mol. The second-order valence-corrected chi connectivity index (χ2v) is 7.00. The number of ether oxygens (including phenoxy) is 1. The molecule has 128 valence electrons. The zero-order valence-corrected chi connectivity index (χ0v) is 15.8. The Morgan fingerprint density at radius 3 is 2.00 bits per heavy atom. The number of rotatable bonds is 6. The van der Waals surface area contributed by atoms with Crippen LogP contribution in [0.2, 0.25) is 5.02 Å². The van der Waals surface area contributed by atoms with Gasteiger partial charge < -0.3 is 4.74 Å². The summed E-state index contributed by atoms with van der Waals surface area (Å²) in [6.45, 7) is 2.15. The highest BCUT2D eigenvalue weighted by molar-refractivity contribution is 7.99. The van der Waals surface area contributed by atoms with Crippen LogP contribution in [0.25, 0.3) is 22.5 Å². The molecule has 1 heterocycles. The van der Waals surface area contributed by atoms with Gasteiger partial charge in [-0.3, -0.25) is 0 Å². The highest BCUT2D eigenvalue weighted by Gasteiger charge is 2.09. The molecule has 0 aliphatic carbocycles. The highest BCUT2D eigenvalue weighted by atomic mass is 35.5. The largest absolute Gasteiger partial charge is 0.497 e. The van der Waals surface area contributed by atoms with Gasteiger partial charge >= 0.3 is 0 Å². The van der Waals surface area contributed by atoms with Gasteiger partial charge in [0.05, 0.1) is 18.5 Å². The third-order valence-electron chi connectivity index (χ3n) is 3.67. The van der Waals surface area contributed by atoms with Gasteiger partial charge in [-0.15, -0.1) is 0 Å². The molecule has 3 rings (SSSR count). The maximum Gasteiger partial charge on any atom is 0.188 e. The predicted octanol–water partition coefficient (Wildman–Crippen LogP) is 5.97. The van der Waals surface area contributed by atoms with Gasteiger partial charge in [0, 0.05) is 21.9 Å². The Hall–Kier alpha value is -2.04. The standard InChI is InChI=1S/C20H19ClN2OS/c1-3-12-25-20-22-18(14-4-8-16(21)9-5-14)13-19(23-20)15-6-10-17(24-2)11-7-15/h4-11,13H,3,12H2,1-2H3. The summed E-state index contributed by atoms with van der Waals surface area (Å²) in [7, 11) is 1.66. The van der Waals surface area contributed by atoms with E-state index >= 15 is 0 Å². The molecule has 0 aliphatic heterocycles. The van der Waals surface area contributed by atoms with Crippen molar-refractivity contribution in [2.24, 2.45) is 0 Å². The van der Waals surface area contributed by atoms with Gasteiger partial charge in [-0.25, -0.2) is 9.97 Å². The first-order valence-electron chi connectivity index (χ1n) is 8.12. The van der Waals surface area contributed by atoms with E-state index in [1.807, 2.05) is 54.6 Å². The molecule has 3 nitrogen and oxygen atoms in total. The van der Waals surface area contributed by atoms with E-state index in [-0.39, 0.29) is 0 Å². The third-order valence-corrected chi connectivity index (χ3v) is 4.97. The zero-order chi connectivity index (χ0) is 17.6. The van der Waals surface area contributed by atoms with Gasteiger partial charge in [-0.2, -0.15) is 0 Å². The molecule has 0 fully saturated rings. The summed E-state index contributed by atoms with van der Waals surface area (Å²) in [6.07, 6.45) is 1.08. The lowest BCUT2D eigenvalue weighted by molar-refractivity contribution is 0.415. The molecular formula is C20H19ClN2OS. The lowest BCUT2D eigenvalue weighted by atomic mass is 10.1. The van der Waals surface area contributed by atoms with E-state index in [1.54, 1.807) is 18.9 Å². The van der Waals surface area contributed by atoms with E-state index in [0.29, 0.717) is 5.02 Å². The summed E-state index contributed by atoms with van der Waals surface area (Å²) >= 11 is 7.68. The molecule has 0 amide bonds. The van der Waals surface area contributed by atoms with E-state index < -0.39 is 0 Å².